The molecule has 1 aromatic heterocycles. The number of aromatic amines is 1. The molecule has 0 saturated carbocycles. The van der Waals surface area contributed by atoms with Gasteiger partial charge in [0, 0.05) is 6.42 Å². The Balaban J connectivity index is 2.64. The fourth-order valence-corrected chi connectivity index (χ4v) is 0.876. The molecule has 2 N–H and O–H groups in total. The molecule has 1 atom stereocenters. The van der Waals surface area contributed by atoms with E-state index in [2.05, 4.69) is 21.8 Å². The summed E-state index contributed by atoms with van der Waals surface area (Å²) in [4.78, 5) is 6.53. The molecule has 0 amide bonds. The Kier molecular flexibility index (Phi) is 3.72. The monoisotopic (exact) mass is 189 g/mol. The van der Waals surface area contributed by atoms with Gasteiger partial charge in [-0.05, 0) is 12.3 Å². The van der Waals surface area contributed by atoms with E-state index in [1.54, 1.807) is 0 Å². The number of hydrogen-bond acceptors (Lipinski definition) is 3. The number of H-pyrrole nitrogens is 1. The summed E-state index contributed by atoms with van der Waals surface area (Å²) in [7, 11) is 0. The predicted octanol–water partition coefficient (Wildman–Crippen LogP) is 0.794. The molecule has 0 spiro atoms. The van der Waals surface area contributed by atoms with Crippen molar-refractivity contribution in [2.24, 2.45) is 0 Å². The molecule has 1 aromatic rings. The molecular formula is C10H11N3O. The van der Waals surface area contributed by atoms with Gasteiger partial charge in [-0.2, -0.15) is 5.26 Å². The second-order valence-electron chi connectivity index (χ2n) is 2.81. The fourth-order valence-electron chi connectivity index (χ4n) is 0.876. The Bertz CT molecular complexity index is 391. The Morgan fingerprint density at radius 2 is 2.50 bits per heavy atom. The maximum Gasteiger partial charge on any atom is 0.174 e. The van der Waals surface area contributed by atoms with Crippen LogP contribution in [-0.4, -0.2) is 21.2 Å². The number of imidazole rings is 1. The molecule has 14 heavy (non-hydrogen) atoms. The van der Waals surface area contributed by atoms with Crippen LogP contribution in [-0.2, 0) is 0 Å². The molecule has 1 heterocycles. The highest BCUT2D eigenvalue weighted by Gasteiger charge is 2.00. The zero-order valence-electron chi connectivity index (χ0n) is 7.91. The lowest BCUT2D eigenvalue weighted by Crippen LogP contribution is -2.01. The van der Waals surface area contributed by atoms with Crippen LogP contribution in [0.4, 0.5) is 0 Å². The average Bonchev–Trinajstić information content (AvgIpc) is 2.65. The van der Waals surface area contributed by atoms with E-state index in [4.69, 9.17) is 5.26 Å². The van der Waals surface area contributed by atoms with E-state index in [-0.39, 0.29) is 0 Å². The minimum atomic E-state index is -0.393. The Labute approximate surface area is 82.6 Å². The van der Waals surface area contributed by atoms with Crippen LogP contribution < -0.4 is 0 Å². The van der Waals surface area contributed by atoms with Gasteiger partial charge in [0.25, 0.3) is 0 Å². The van der Waals surface area contributed by atoms with Gasteiger partial charge in [0.1, 0.15) is 11.8 Å². The lowest BCUT2D eigenvalue weighted by Gasteiger charge is -1.98. The smallest absolute Gasteiger partial charge is 0.174 e. The van der Waals surface area contributed by atoms with Gasteiger partial charge in [0.15, 0.2) is 5.69 Å². The maximum atomic E-state index is 9.22. The van der Waals surface area contributed by atoms with Crippen LogP contribution in [0.15, 0.2) is 6.33 Å². The van der Waals surface area contributed by atoms with Gasteiger partial charge in [-0.1, -0.05) is 12.8 Å². The molecule has 1 unspecified atom stereocenters. The highest BCUT2D eigenvalue weighted by molar-refractivity contribution is 5.38. The third-order valence-corrected chi connectivity index (χ3v) is 1.77. The molecule has 0 radical (unpaired) electrons. The van der Waals surface area contributed by atoms with Crippen LogP contribution in [0.25, 0.3) is 0 Å². The molecule has 4 heteroatoms. The Hall–Kier alpha value is -1.78. The predicted molar refractivity (Wildman–Crippen MR) is 51.1 cm³/mol. The molecule has 0 aliphatic rings. The standard InChI is InChI=1S/C10H11N3O/c1-2-8(14)4-3-5-9-10(6-11)13-7-12-9/h7-8,14H,2,4H2,1H3,(H,12,13). The summed E-state index contributed by atoms with van der Waals surface area (Å²) in [6, 6.07) is 1.92. The van der Waals surface area contributed by atoms with Gasteiger partial charge in [-0.25, -0.2) is 4.98 Å². The zero-order chi connectivity index (χ0) is 10.4. The van der Waals surface area contributed by atoms with E-state index in [0.29, 0.717) is 24.2 Å². The SMILES string of the molecule is CCC(O)CC#Cc1[nH]cnc1C#N. The molecule has 0 aliphatic carbocycles. The Morgan fingerprint density at radius 1 is 1.71 bits per heavy atom. The van der Waals surface area contributed by atoms with Crippen molar-refractivity contribution in [3.8, 4) is 17.9 Å². The van der Waals surface area contributed by atoms with Crippen molar-refractivity contribution in [3.05, 3.63) is 17.7 Å². The van der Waals surface area contributed by atoms with E-state index in [1.165, 1.54) is 6.33 Å². The van der Waals surface area contributed by atoms with Crippen molar-refractivity contribution in [2.75, 3.05) is 0 Å². The second-order valence-corrected chi connectivity index (χ2v) is 2.81. The third kappa shape index (κ3) is 2.62. The van der Waals surface area contributed by atoms with E-state index < -0.39 is 6.10 Å². The minimum absolute atomic E-state index is 0.295. The lowest BCUT2D eigenvalue weighted by molar-refractivity contribution is 0.176. The zero-order valence-corrected chi connectivity index (χ0v) is 7.91. The van der Waals surface area contributed by atoms with Crippen LogP contribution >= 0.6 is 0 Å². The van der Waals surface area contributed by atoms with Gasteiger partial charge < -0.3 is 10.1 Å². The minimum Gasteiger partial charge on any atom is -0.392 e. The molecule has 0 aromatic carbocycles. The van der Waals surface area contributed by atoms with Crippen molar-refractivity contribution in [1.82, 2.24) is 9.97 Å². The van der Waals surface area contributed by atoms with Crippen molar-refractivity contribution in [3.63, 3.8) is 0 Å². The normalized spacial score (nSPS) is 11.2. The molecule has 0 aliphatic heterocycles. The maximum absolute atomic E-state index is 9.22. The van der Waals surface area contributed by atoms with E-state index in [1.807, 2.05) is 13.0 Å². The van der Waals surface area contributed by atoms with Gasteiger partial charge in [-0.3, -0.25) is 0 Å². The third-order valence-electron chi connectivity index (χ3n) is 1.77. The first kappa shape index (κ1) is 10.3. The summed E-state index contributed by atoms with van der Waals surface area (Å²) in [6.07, 6.45) is 2.14. The van der Waals surface area contributed by atoms with Gasteiger partial charge in [0.2, 0.25) is 0 Å². The largest absolute Gasteiger partial charge is 0.392 e. The number of aliphatic hydroxyl groups is 1. The van der Waals surface area contributed by atoms with Gasteiger partial charge in [0.05, 0.1) is 12.4 Å². The topological polar surface area (TPSA) is 72.7 Å². The van der Waals surface area contributed by atoms with Crippen LogP contribution in [0.2, 0.25) is 0 Å². The molecule has 4 nitrogen and oxygen atoms in total. The number of aliphatic hydroxyl groups excluding tert-OH is 1. The molecule has 0 fully saturated rings. The quantitative estimate of drug-likeness (QED) is 0.676. The van der Waals surface area contributed by atoms with E-state index in [0.717, 1.165) is 0 Å². The first-order valence-corrected chi connectivity index (χ1v) is 4.38. The fraction of sp³-hybridized carbons (Fsp3) is 0.400. The summed E-state index contributed by atoms with van der Waals surface area (Å²) in [5.41, 5.74) is 0.805. The summed E-state index contributed by atoms with van der Waals surface area (Å²) >= 11 is 0. The number of hydrogen-bond donors (Lipinski definition) is 2. The molecule has 1 rings (SSSR count). The second kappa shape index (κ2) is 5.06. The van der Waals surface area contributed by atoms with Crippen LogP contribution in [0.3, 0.4) is 0 Å². The number of nitrogens with one attached hydrogen (secondary N) is 1. The van der Waals surface area contributed by atoms with E-state index in [9.17, 15) is 5.11 Å². The van der Waals surface area contributed by atoms with Crippen LogP contribution in [0.5, 0.6) is 0 Å². The molecular weight excluding hydrogens is 178 g/mol. The van der Waals surface area contributed by atoms with Crippen LogP contribution in [0.1, 0.15) is 31.2 Å². The summed E-state index contributed by atoms with van der Waals surface area (Å²) < 4.78 is 0. The van der Waals surface area contributed by atoms with Gasteiger partial charge >= 0.3 is 0 Å². The lowest BCUT2D eigenvalue weighted by atomic mass is 10.2. The van der Waals surface area contributed by atoms with Crippen molar-refractivity contribution in [2.45, 2.75) is 25.9 Å². The number of aromatic nitrogens is 2. The highest BCUT2D eigenvalue weighted by atomic mass is 16.3. The first-order valence-electron chi connectivity index (χ1n) is 4.38. The average molecular weight is 189 g/mol. The highest BCUT2D eigenvalue weighted by Crippen LogP contribution is 1.99. The van der Waals surface area contributed by atoms with Crippen molar-refractivity contribution >= 4 is 0 Å². The van der Waals surface area contributed by atoms with Crippen molar-refractivity contribution in [1.29, 1.82) is 5.26 Å². The summed E-state index contributed by atoms with van der Waals surface area (Å²) in [5, 5.41) is 17.8. The molecule has 72 valence electrons. The number of nitriles is 1. The van der Waals surface area contributed by atoms with Crippen LogP contribution in [0, 0.1) is 23.2 Å². The van der Waals surface area contributed by atoms with E-state index >= 15 is 0 Å². The summed E-state index contributed by atoms with van der Waals surface area (Å²) in [6.45, 7) is 1.89. The van der Waals surface area contributed by atoms with Crippen molar-refractivity contribution < 1.29 is 5.11 Å². The van der Waals surface area contributed by atoms with Gasteiger partial charge in [-0.15, -0.1) is 0 Å². The number of rotatable bonds is 2. The number of nitrogens with zero attached hydrogens (tertiary/aromatic N) is 2. The molecule has 0 saturated heterocycles. The first-order chi connectivity index (χ1) is 6.77. The summed E-state index contributed by atoms with van der Waals surface area (Å²) in [5.74, 6) is 5.55. The molecule has 0 bridgehead atoms. The Morgan fingerprint density at radius 3 is 3.14 bits per heavy atom.